The Hall–Kier alpha value is -6.57. The molecular weight excluding hydrogens is 715 g/mol. The van der Waals surface area contributed by atoms with Crippen molar-refractivity contribution in [1.82, 2.24) is 24.4 Å². The lowest BCUT2D eigenvalue weighted by Gasteiger charge is -2.37. The Morgan fingerprint density at radius 1 is 0.964 bits per heavy atom. The van der Waals surface area contributed by atoms with Crippen LogP contribution in [0.4, 0.5) is 5.95 Å². The fraction of sp³-hybridized carbons (Fsp3) is 0.310. The van der Waals surface area contributed by atoms with Crippen molar-refractivity contribution in [3.8, 4) is 5.75 Å². The fourth-order valence-corrected chi connectivity index (χ4v) is 7.11. The quantitative estimate of drug-likeness (QED) is 0.0774. The second-order valence-electron chi connectivity index (χ2n) is 14.4. The van der Waals surface area contributed by atoms with E-state index in [2.05, 4.69) is 20.3 Å². The Bertz CT molecular complexity index is 2310. The van der Waals surface area contributed by atoms with E-state index < -0.39 is 23.0 Å². The first-order valence-corrected chi connectivity index (χ1v) is 18.2. The number of carbonyl (C=O) groups is 3. The number of fused-ring (bicyclic) bond motifs is 1. The van der Waals surface area contributed by atoms with Gasteiger partial charge in [-0.05, 0) is 41.2 Å². The summed E-state index contributed by atoms with van der Waals surface area (Å²) in [6.45, 7) is 4.84. The van der Waals surface area contributed by atoms with Gasteiger partial charge in [0.05, 0.1) is 32.7 Å². The molecule has 1 amide bonds. The number of aromatic nitrogens is 4. The fourth-order valence-electron chi connectivity index (χ4n) is 7.11. The first kappa shape index (κ1) is 39.1. The summed E-state index contributed by atoms with van der Waals surface area (Å²) in [6.07, 6.45) is 1.98. The Labute approximate surface area is 323 Å². The average molecular weight is 760 g/mol. The number of ether oxygens (including phenoxy) is 2. The minimum atomic E-state index is -1.06. The summed E-state index contributed by atoms with van der Waals surface area (Å²) in [7, 11) is 2.83. The minimum Gasteiger partial charge on any atom is -0.511 e. The van der Waals surface area contributed by atoms with Crippen molar-refractivity contribution in [2.45, 2.75) is 45.7 Å². The zero-order valence-electron chi connectivity index (χ0n) is 32.0. The van der Waals surface area contributed by atoms with E-state index >= 15 is 0 Å². The van der Waals surface area contributed by atoms with Crippen molar-refractivity contribution in [2.75, 3.05) is 39.2 Å². The number of nitrogens with zero attached hydrogens (tertiary/aromatic N) is 5. The van der Waals surface area contributed by atoms with E-state index in [0.717, 1.165) is 16.7 Å². The van der Waals surface area contributed by atoms with E-state index in [0.29, 0.717) is 17.9 Å². The molecule has 0 unspecified atom stereocenters. The summed E-state index contributed by atoms with van der Waals surface area (Å²) in [4.78, 5) is 70.3. The van der Waals surface area contributed by atoms with Gasteiger partial charge in [-0.2, -0.15) is 4.98 Å². The number of carbonyl (C=O) groups excluding carboxylic acids is 3. The van der Waals surface area contributed by atoms with Crippen molar-refractivity contribution in [3.05, 3.63) is 130 Å². The molecule has 0 saturated carbocycles. The summed E-state index contributed by atoms with van der Waals surface area (Å²) in [6, 6.07) is 27.1. The monoisotopic (exact) mass is 759 g/mol. The predicted octanol–water partition coefficient (Wildman–Crippen LogP) is 5.20. The second-order valence-corrected chi connectivity index (χ2v) is 14.4. The van der Waals surface area contributed by atoms with Crippen LogP contribution in [0.2, 0.25) is 0 Å². The molecule has 14 heteroatoms. The number of esters is 1. The molecule has 1 aliphatic rings. The number of ketones is 1. The standard InChI is InChI=1S/C42H45N7O7/c1-27(36-32(50)22-41(2,3)23-33(36)51)43-20-21-48(25-35(53)56-5)34(52)24-49-26-44-37-38(49)45-40(46-39(37)54)47-42(28-12-8-6-9-13-28,29-14-10-7-11-15-29)30-16-18-31(55-4)19-17-30/h6-19,26,50H,20-25H2,1-5H3,(H2,45,46,47,54). The van der Waals surface area contributed by atoms with Crippen LogP contribution in [0.5, 0.6) is 5.75 Å². The van der Waals surface area contributed by atoms with Crippen LogP contribution in [-0.2, 0) is 31.2 Å². The van der Waals surface area contributed by atoms with Crippen LogP contribution in [0.25, 0.3) is 11.2 Å². The summed E-state index contributed by atoms with van der Waals surface area (Å²) < 4.78 is 11.8. The molecule has 0 bridgehead atoms. The third kappa shape index (κ3) is 8.23. The largest absolute Gasteiger partial charge is 0.511 e. The number of hydrogen-bond donors (Lipinski definition) is 3. The number of anilines is 1. The van der Waals surface area contributed by atoms with Gasteiger partial charge >= 0.3 is 5.97 Å². The minimum absolute atomic E-state index is 0.00494. The number of hydrogen-bond acceptors (Lipinski definition) is 11. The van der Waals surface area contributed by atoms with Gasteiger partial charge in [0.25, 0.3) is 5.56 Å². The Morgan fingerprint density at radius 2 is 1.59 bits per heavy atom. The van der Waals surface area contributed by atoms with Crippen LogP contribution in [0.1, 0.15) is 50.3 Å². The van der Waals surface area contributed by atoms with Gasteiger partial charge in [0, 0.05) is 25.1 Å². The van der Waals surface area contributed by atoms with E-state index in [9.17, 15) is 24.3 Å². The summed E-state index contributed by atoms with van der Waals surface area (Å²) >= 11 is 0. The number of aliphatic hydroxyl groups excluding tert-OH is 1. The molecule has 2 heterocycles. The summed E-state index contributed by atoms with van der Waals surface area (Å²) in [5.41, 5.74) is 1.33. The van der Waals surface area contributed by atoms with Gasteiger partial charge in [-0.3, -0.25) is 29.2 Å². The molecule has 0 radical (unpaired) electrons. The van der Waals surface area contributed by atoms with Gasteiger partial charge < -0.3 is 29.4 Å². The van der Waals surface area contributed by atoms with Gasteiger partial charge in [-0.15, -0.1) is 0 Å². The van der Waals surface area contributed by atoms with Crippen LogP contribution in [0.3, 0.4) is 0 Å². The van der Waals surface area contributed by atoms with Crippen LogP contribution in [0.15, 0.2) is 112 Å². The molecule has 1 aliphatic carbocycles. The molecule has 3 aromatic carbocycles. The number of amides is 1. The maximum Gasteiger partial charge on any atom is 0.325 e. The van der Waals surface area contributed by atoms with Crippen molar-refractivity contribution >= 4 is 40.5 Å². The number of aliphatic imine (C=N–C) groups is 1. The highest BCUT2D eigenvalue weighted by atomic mass is 16.5. The molecule has 2 aromatic heterocycles. The molecule has 0 aliphatic heterocycles. The van der Waals surface area contributed by atoms with E-state index in [1.807, 2.05) is 98.8 Å². The van der Waals surface area contributed by atoms with Crippen molar-refractivity contribution < 1.29 is 29.0 Å². The Kier molecular flexibility index (Phi) is 11.5. The van der Waals surface area contributed by atoms with E-state index in [4.69, 9.17) is 14.5 Å². The Balaban J connectivity index is 1.33. The van der Waals surface area contributed by atoms with Crippen LogP contribution >= 0.6 is 0 Å². The molecule has 0 saturated heterocycles. The number of methoxy groups -OCH3 is 2. The zero-order valence-corrected chi connectivity index (χ0v) is 32.0. The molecule has 14 nitrogen and oxygen atoms in total. The number of benzene rings is 3. The van der Waals surface area contributed by atoms with Crippen molar-refractivity contribution in [3.63, 3.8) is 0 Å². The number of aliphatic hydroxyl groups is 1. The third-order valence-electron chi connectivity index (χ3n) is 9.86. The summed E-state index contributed by atoms with van der Waals surface area (Å²) in [5.74, 6) is -0.537. The first-order valence-electron chi connectivity index (χ1n) is 18.2. The molecular formula is C42H45N7O7. The number of Topliss-reactive ketones (excluding diaryl/α,β-unsaturated/α-hetero) is 1. The normalized spacial score (nSPS) is 14.4. The lowest BCUT2D eigenvalue weighted by Crippen LogP contribution is -2.40. The molecule has 290 valence electrons. The molecule has 0 spiro atoms. The topological polar surface area (TPSA) is 181 Å². The SMILES string of the molecule is COC(=O)CN(CCN=C(C)C1=C(O)CC(C)(C)CC1=O)C(=O)Cn1cnc2c(=O)[nH]c(NC(c3ccccc3)(c3ccccc3)c3ccc(OC)cc3)nc21. The molecule has 3 N–H and O–H groups in total. The number of allylic oxidation sites excluding steroid dienone is 2. The van der Waals surface area contributed by atoms with Crippen LogP contribution in [0, 0.1) is 5.41 Å². The second kappa shape index (κ2) is 16.4. The van der Waals surface area contributed by atoms with Crippen molar-refractivity contribution in [1.29, 1.82) is 0 Å². The number of rotatable bonds is 14. The van der Waals surface area contributed by atoms with E-state index in [1.165, 1.54) is 22.9 Å². The van der Waals surface area contributed by atoms with Gasteiger partial charge in [-0.1, -0.05) is 86.6 Å². The first-order chi connectivity index (χ1) is 26.8. The number of H-pyrrole nitrogens is 1. The average Bonchev–Trinajstić information content (AvgIpc) is 3.59. The number of nitrogens with one attached hydrogen (secondary N) is 2. The Morgan fingerprint density at radius 3 is 2.18 bits per heavy atom. The lowest BCUT2D eigenvalue weighted by molar-refractivity contribution is -0.147. The molecule has 56 heavy (non-hydrogen) atoms. The predicted molar refractivity (Wildman–Crippen MR) is 212 cm³/mol. The zero-order chi connectivity index (χ0) is 40.0. The highest BCUT2D eigenvalue weighted by molar-refractivity contribution is 6.22. The highest BCUT2D eigenvalue weighted by Crippen LogP contribution is 2.40. The number of aromatic amines is 1. The maximum absolute atomic E-state index is 13.8. The smallest absolute Gasteiger partial charge is 0.325 e. The van der Waals surface area contributed by atoms with Gasteiger partial charge in [0.1, 0.15) is 30.1 Å². The molecule has 0 atom stereocenters. The van der Waals surface area contributed by atoms with Gasteiger partial charge in [0.15, 0.2) is 16.9 Å². The van der Waals surface area contributed by atoms with Gasteiger partial charge in [-0.25, -0.2) is 4.98 Å². The van der Waals surface area contributed by atoms with E-state index in [1.54, 1.807) is 14.0 Å². The summed E-state index contributed by atoms with van der Waals surface area (Å²) in [5, 5.41) is 14.2. The molecule has 5 aromatic rings. The van der Waals surface area contributed by atoms with Crippen molar-refractivity contribution in [2.24, 2.45) is 10.4 Å². The molecule has 0 fully saturated rings. The van der Waals surface area contributed by atoms with Crippen LogP contribution in [-0.4, -0.2) is 86.8 Å². The molecule has 6 rings (SSSR count). The number of imidazole rings is 1. The van der Waals surface area contributed by atoms with Gasteiger partial charge in [0.2, 0.25) is 11.9 Å². The maximum atomic E-state index is 13.8. The highest BCUT2D eigenvalue weighted by Gasteiger charge is 2.38. The lowest BCUT2D eigenvalue weighted by atomic mass is 9.76. The third-order valence-corrected chi connectivity index (χ3v) is 9.86. The van der Waals surface area contributed by atoms with Crippen LogP contribution < -0.4 is 15.6 Å². The van der Waals surface area contributed by atoms with E-state index in [-0.39, 0.29) is 72.2 Å².